The van der Waals surface area contributed by atoms with Crippen molar-refractivity contribution in [1.82, 2.24) is 24.7 Å². The number of rotatable bonds is 7. The Hall–Kier alpha value is -4.27. The lowest BCUT2D eigenvalue weighted by molar-refractivity contribution is 0.0988. The lowest BCUT2D eigenvalue weighted by Gasteiger charge is -2.11. The van der Waals surface area contributed by atoms with E-state index in [0.717, 1.165) is 0 Å². The Morgan fingerprint density at radius 1 is 1.12 bits per heavy atom. The molecule has 0 saturated carbocycles. The summed E-state index contributed by atoms with van der Waals surface area (Å²) < 4.78 is 16.3. The average Bonchev–Trinajstić information content (AvgIpc) is 3.31. The summed E-state index contributed by atoms with van der Waals surface area (Å²) in [5.74, 6) is -0.737. The van der Waals surface area contributed by atoms with E-state index in [2.05, 4.69) is 25.5 Å². The third-order valence-corrected chi connectivity index (χ3v) is 4.97. The van der Waals surface area contributed by atoms with Gasteiger partial charge in [-0.1, -0.05) is 12.1 Å². The fourth-order valence-electron chi connectivity index (χ4n) is 3.29. The zero-order chi connectivity index (χ0) is 23.4. The molecule has 33 heavy (non-hydrogen) atoms. The van der Waals surface area contributed by atoms with E-state index in [0.29, 0.717) is 22.6 Å². The van der Waals surface area contributed by atoms with E-state index in [1.165, 1.54) is 24.4 Å². The van der Waals surface area contributed by atoms with Crippen LogP contribution in [-0.4, -0.2) is 36.4 Å². The van der Waals surface area contributed by atoms with Crippen LogP contribution in [0.4, 0.5) is 10.2 Å². The maximum Gasteiger partial charge on any atom is 0.259 e. The van der Waals surface area contributed by atoms with Gasteiger partial charge in [0.2, 0.25) is 0 Å². The molecule has 4 rings (SSSR count). The van der Waals surface area contributed by atoms with Crippen molar-refractivity contribution in [1.29, 1.82) is 0 Å². The fourth-order valence-corrected chi connectivity index (χ4v) is 3.29. The molecule has 0 spiro atoms. The van der Waals surface area contributed by atoms with Gasteiger partial charge in [0.05, 0.1) is 5.56 Å². The van der Waals surface area contributed by atoms with Gasteiger partial charge in [0.1, 0.15) is 23.7 Å². The van der Waals surface area contributed by atoms with E-state index < -0.39 is 11.7 Å². The van der Waals surface area contributed by atoms with Crippen LogP contribution in [0.3, 0.4) is 0 Å². The van der Waals surface area contributed by atoms with Crippen molar-refractivity contribution in [2.45, 2.75) is 26.3 Å². The quantitative estimate of drug-likeness (QED) is 0.430. The van der Waals surface area contributed by atoms with Crippen LogP contribution in [0.2, 0.25) is 0 Å². The summed E-state index contributed by atoms with van der Waals surface area (Å²) in [6.45, 7) is 3.99. The molecular weight excluding hydrogens is 423 g/mol. The van der Waals surface area contributed by atoms with Gasteiger partial charge in [-0.3, -0.25) is 14.6 Å². The number of hydrogen-bond acceptors (Lipinski definition) is 6. The average molecular weight is 444 g/mol. The first kappa shape index (κ1) is 21.9. The molecule has 0 bridgehead atoms. The molecule has 0 aliphatic heterocycles. The number of nitrogens with one attached hydrogen (secondary N) is 1. The number of hydrogen-bond donors (Lipinski definition) is 1. The van der Waals surface area contributed by atoms with Gasteiger partial charge in [0, 0.05) is 30.4 Å². The maximum absolute atomic E-state index is 14.4. The minimum absolute atomic E-state index is 0.0187. The largest absolute Gasteiger partial charge is 0.310 e. The normalized spacial score (nSPS) is 10.9. The number of ketones is 1. The summed E-state index contributed by atoms with van der Waals surface area (Å²) >= 11 is 0. The van der Waals surface area contributed by atoms with Crippen molar-refractivity contribution in [2.75, 3.05) is 5.32 Å². The van der Waals surface area contributed by atoms with E-state index in [1.807, 2.05) is 18.4 Å². The molecule has 3 heterocycles. The van der Waals surface area contributed by atoms with E-state index >= 15 is 0 Å². The second-order valence-corrected chi connectivity index (χ2v) is 7.67. The van der Waals surface area contributed by atoms with Crippen LogP contribution >= 0.6 is 0 Å². The highest BCUT2D eigenvalue weighted by atomic mass is 19.1. The summed E-state index contributed by atoms with van der Waals surface area (Å²) in [4.78, 5) is 33.6. The third kappa shape index (κ3) is 4.98. The molecule has 4 aromatic rings. The lowest BCUT2D eigenvalue weighted by Crippen LogP contribution is -2.16. The Balaban J connectivity index is 1.54. The number of carbonyl (C=O) groups is 2. The second kappa shape index (κ2) is 9.47. The zero-order valence-electron chi connectivity index (χ0n) is 18.1. The number of anilines is 1. The number of Topliss-reactive ketones (excluding diaryl/α,β-unsaturated/α-hetero) is 1. The number of benzene rings is 1. The number of aromatic nitrogens is 5. The van der Waals surface area contributed by atoms with Crippen LogP contribution in [0.25, 0.3) is 11.5 Å². The third-order valence-electron chi connectivity index (χ3n) is 4.97. The van der Waals surface area contributed by atoms with Gasteiger partial charge >= 0.3 is 0 Å². The Bertz CT molecular complexity index is 1300. The van der Waals surface area contributed by atoms with Crippen LogP contribution in [-0.2, 0) is 6.42 Å². The van der Waals surface area contributed by atoms with Crippen LogP contribution in [0.1, 0.15) is 46.2 Å². The van der Waals surface area contributed by atoms with E-state index in [4.69, 9.17) is 0 Å². The molecule has 1 aromatic carbocycles. The molecule has 1 N–H and O–H groups in total. The second-order valence-electron chi connectivity index (χ2n) is 7.67. The molecule has 3 aromatic heterocycles. The molecule has 166 valence electrons. The SMILES string of the molecule is CC(C)n1cnnc1-c1cccc(NC(=O)c2cc(CC(=O)c3cccnc3)ccc2F)n1. The highest BCUT2D eigenvalue weighted by Gasteiger charge is 2.17. The Kier molecular flexibility index (Phi) is 6.30. The predicted octanol–water partition coefficient (Wildman–Crippen LogP) is 4.13. The van der Waals surface area contributed by atoms with E-state index in [9.17, 15) is 14.0 Å². The fraction of sp³-hybridized carbons (Fsp3) is 0.167. The van der Waals surface area contributed by atoms with Gasteiger partial charge < -0.3 is 9.88 Å². The molecule has 0 saturated heterocycles. The summed E-state index contributed by atoms with van der Waals surface area (Å²) in [5, 5.41) is 10.7. The summed E-state index contributed by atoms with van der Waals surface area (Å²) in [6.07, 6.45) is 4.68. The number of pyridine rings is 2. The van der Waals surface area contributed by atoms with Gasteiger partial charge in [-0.2, -0.15) is 0 Å². The number of nitrogens with zero attached hydrogens (tertiary/aromatic N) is 5. The topological polar surface area (TPSA) is 103 Å². The molecule has 1 amide bonds. The van der Waals surface area contributed by atoms with Gasteiger partial charge in [-0.05, 0) is 55.8 Å². The molecule has 0 aliphatic carbocycles. The highest BCUT2D eigenvalue weighted by Crippen LogP contribution is 2.21. The van der Waals surface area contributed by atoms with E-state index in [1.54, 1.807) is 42.9 Å². The maximum atomic E-state index is 14.4. The van der Waals surface area contributed by atoms with Gasteiger partial charge in [-0.15, -0.1) is 10.2 Å². The van der Waals surface area contributed by atoms with Crippen molar-refractivity contribution in [3.63, 3.8) is 0 Å². The minimum Gasteiger partial charge on any atom is -0.310 e. The molecule has 0 radical (unpaired) electrons. The molecular formula is C24H21FN6O2. The van der Waals surface area contributed by atoms with Crippen LogP contribution in [0.5, 0.6) is 0 Å². The molecule has 0 unspecified atom stereocenters. The number of amides is 1. The highest BCUT2D eigenvalue weighted by molar-refractivity contribution is 6.04. The van der Waals surface area contributed by atoms with Gasteiger partial charge in [-0.25, -0.2) is 9.37 Å². The van der Waals surface area contributed by atoms with Gasteiger partial charge in [0.25, 0.3) is 5.91 Å². The molecule has 8 nitrogen and oxygen atoms in total. The first-order chi connectivity index (χ1) is 15.9. The smallest absolute Gasteiger partial charge is 0.259 e. The zero-order valence-corrected chi connectivity index (χ0v) is 18.1. The summed E-state index contributed by atoms with van der Waals surface area (Å²) in [5.41, 5.74) is 1.31. The summed E-state index contributed by atoms with van der Waals surface area (Å²) in [6, 6.07) is 12.6. The Morgan fingerprint density at radius 3 is 2.73 bits per heavy atom. The lowest BCUT2D eigenvalue weighted by atomic mass is 10.0. The van der Waals surface area contributed by atoms with Crippen molar-refractivity contribution in [3.05, 3.63) is 89.8 Å². The molecule has 0 aliphatic rings. The van der Waals surface area contributed by atoms with Crippen LogP contribution in [0, 0.1) is 5.82 Å². The standard InChI is InChI=1S/C24H21FN6O2/c1-15(2)31-14-27-30-23(31)20-6-3-7-22(28-20)29-24(33)18-11-16(8-9-19(18)25)12-21(32)17-5-4-10-26-13-17/h3-11,13-15H,12H2,1-2H3,(H,28,29,33). The molecule has 0 fully saturated rings. The Morgan fingerprint density at radius 2 is 1.97 bits per heavy atom. The van der Waals surface area contributed by atoms with E-state index in [-0.39, 0.29) is 29.6 Å². The van der Waals surface area contributed by atoms with Crippen LogP contribution in [0.15, 0.2) is 67.3 Å². The number of halogens is 1. The molecule has 9 heteroatoms. The Labute approximate surface area is 189 Å². The molecule has 0 atom stereocenters. The summed E-state index contributed by atoms with van der Waals surface area (Å²) in [7, 11) is 0. The predicted molar refractivity (Wildman–Crippen MR) is 120 cm³/mol. The first-order valence-corrected chi connectivity index (χ1v) is 10.3. The van der Waals surface area contributed by atoms with Crippen molar-refractivity contribution in [3.8, 4) is 11.5 Å². The monoisotopic (exact) mass is 444 g/mol. The van der Waals surface area contributed by atoms with Gasteiger partial charge in [0.15, 0.2) is 11.6 Å². The van der Waals surface area contributed by atoms with Crippen molar-refractivity contribution in [2.24, 2.45) is 0 Å². The van der Waals surface area contributed by atoms with Crippen LogP contribution < -0.4 is 5.32 Å². The van der Waals surface area contributed by atoms with Crippen molar-refractivity contribution >= 4 is 17.5 Å². The number of carbonyl (C=O) groups excluding carboxylic acids is 2. The first-order valence-electron chi connectivity index (χ1n) is 10.3. The minimum atomic E-state index is -0.694. The van der Waals surface area contributed by atoms with Crippen molar-refractivity contribution < 1.29 is 14.0 Å².